The van der Waals surface area contributed by atoms with Crippen LogP contribution in [0.4, 0.5) is 5.69 Å². The minimum Gasteiger partial charge on any atom is -0.342 e. The number of ketones is 1. The van der Waals surface area contributed by atoms with Gasteiger partial charge in [-0.15, -0.1) is 0 Å². The molecule has 1 aromatic rings. The lowest BCUT2D eigenvalue weighted by molar-refractivity contribution is -0.139. The Balaban J connectivity index is 1.48. The molecular formula is C23H33N3O3. The average molecular weight is 400 g/mol. The van der Waals surface area contributed by atoms with Crippen LogP contribution >= 0.6 is 0 Å². The fourth-order valence-electron chi connectivity index (χ4n) is 4.38. The number of amides is 2. The number of Topliss-reactive ketones (excluding diaryl/α,β-unsaturated/α-hetero) is 1. The summed E-state index contributed by atoms with van der Waals surface area (Å²) in [5.74, 6) is 0.939. The summed E-state index contributed by atoms with van der Waals surface area (Å²) < 4.78 is 0. The van der Waals surface area contributed by atoms with Gasteiger partial charge in [-0.25, -0.2) is 0 Å². The molecule has 0 aromatic heterocycles. The molecule has 2 saturated heterocycles. The summed E-state index contributed by atoms with van der Waals surface area (Å²) in [4.78, 5) is 41.0. The third-order valence-corrected chi connectivity index (χ3v) is 6.33. The van der Waals surface area contributed by atoms with E-state index in [9.17, 15) is 14.4 Å². The molecule has 1 aromatic carbocycles. The first-order valence-corrected chi connectivity index (χ1v) is 10.8. The van der Waals surface area contributed by atoms with Gasteiger partial charge < -0.3 is 10.2 Å². The number of hydrogen-bond acceptors (Lipinski definition) is 4. The van der Waals surface area contributed by atoms with E-state index >= 15 is 0 Å². The molecule has 2 amide bonds. The number of rotatable bonds is 5. The zero-order chi connectivity index (χ0) is 21.0. The van der Waals surface area contributed by atoms with E-state index in [2.05, 4.69) is 22.0 Å². The number of likely N-dealkylation sites (tertiary alicyclic amines) is 2. The molecule has 3 rings (SSSR count). The van der Waals surface area contributed by atoms with Crippen LogP contribution in [0.3, 0.4) is 0 Å². The van der Waals surface area contributed by atoms with Crippen LogP contribution in [0.5, 0.6) is 0 Å². The molecule has 2 heterocycles. The quantitative estimate of drug-likeness (QED) is 0.772. The zero-order valence-corrected chi connectivity index (χ0v) is 17.8. The molecule has 0 saturated carbocycles. The van der Waals surface area contributed by atoms with Gasteiger partial charge in [-0.2, -0.15) is 0 Å². The molecule has 6 heteroatoms. The molecule has 2 atom stereocenters. The van der Waals surface area contributed by atoms with Crippen molar-refractivity contribution in [3.05, 3.63) is 29.8 Å². The van der Waals surface area contributed by atoms with E-state index in [0.717, 1.165) is 45.4 Å². The van der Waals surface area contributed by atoms with Crippen LogP contribution < -0.4 is 5.32 Å². The Bertz CT molecular complexity index is 738. The number of nitrogens with zero attached hydrogens (tertiary/aromatic N) is 2. The topological polar surface area (TPSA) is 69.7 Å². The Morgan fingerprint density at radius 3 is 2.28 bits per heavy atom. The second-order valence-corrected chi connectivity index (χ2v) is 8.64. The molecule has 1 N–H and O–H groups in total. The van der Waals surface area contributed by atoms with E-state index in [1.54, 1.807) is 24.3 Å². The minimum atomic E-state index is -0.256. The van der Waals surface area contributed by atoms with Gasteiger partial charge >= 0.3 is 0 Å². The van der Waals surface area contributed by atoms with Gasteiger partial charge in [0.1, 0.15) is 0 Å². The second-order valence-electron chi connectivity index (χ2n) is 8.64. The van der Waals surface area contributed by atoms with Gasteiger partial charge in [0.15, 0.2) is 5.78 Å². The summed E-state index contributed by atoms with van der Waals surface area (Å²) in [6.07, 6.45) is 3.95. The molecule has 29 heavy (non-hydrogen) atoms. The number of carbonyl (C=O) groups excluding carboxylic acids is 3. The van der Waals surface area contributed by atoms with Crippen LogP contribution in [0, 0.1) is 11.8 Å². The first-order valence-electron chi connectivity index (χ1n) is 10.8. The van der Waals surface area contributed by atoms with Gasteiger partial charge in [-0.1, -0.05) is 6.92 Å². The van der Waals surface area contributed by atoms with Crippen molar-refractivity contribution in [2.24, 2.45) is 11.8 Å². The molecule has 2 fully saturated rings. The van der Waals surface area contributed by atoms with Crippen LogP contribution in [0.15, 0.2) is 24.3 Å². The summed E-state index contributed by atoms with van der Waals surface area (Å²) in [5.41, 5.74) is 1.32. The molecule has 0 unspecified atom stereocenters. The molecular weight excluding hydrogens is 366 g/mol. The third-order valence-electron chi connectivity index (χ3n) is 6.33. The number of carbonyl (C=O) groups is 3. The molecule has 2 aliphatic rings. The summed E-state index contributed by atoms with van der Waals surface area (Å²) >= 11 is 0. The Morgan fingerprint density at radius 2 is 1.69 bits per heavy atom. The molecule has 6 nitrogen and oxygen atoms in total. The fraction of sp³-hybridized carbons (Fsp3) is 0.609. The molecule has 0 bridgehead atoms. The van der Waals surface area contributed by atoms with Gasteiger partial charge in [-0.05, 0) is 82.8 Å². The number of nitrogens with one attached hydrogen (secondary N) is 1. The summed E-state index contributed by atoms with van der Waals surface area (Å²) in [5, 5.41) is 2.93. The van der Waals surface area contributed by atoms with E-state index in [4.69, 9.17) is 0 Å². The molecule has 0 aliphatic carbocycles. The van der Waals surface area contributed by atoms with E-state index < -0.39 is 0 Å². The van der Waals surface area contributed by atoms with Crippen LogP contribution in [-0.4, -0.2) is 59.6 Å². The molecule has 0 radical (unpaired) electrons. The first kappa shape index (κ1) is 21.5. The van der Waals surface area contributed by atoms with Crippen LogP contribution in [0.1, 0.15) is 56.8 Å². The third kappa shape index (κ3) is 5.44. The molecule has 158 valence electrons. The van der Waals surface area contributed by atoms with Crippen LogP contribution in [0.2, 0.25) is 0 Å². The second kappa shape index (κ2) is 9.53. The minimum absolute atomic E-state index is 0.00710. The van der Waals surface area contributed by atoms with E-state index in [1.807, 2.05) is 6.92 Å². The van der Waals surface area contributed by atoms with Crippen molar-refractivity contribution in [1.29, 1.82) is 0 Å². The number of hydrogen-bond donors (Lipinski definition) is 1. The van der Waals surface area contributed by atoms with Gasteiger partial charge in [0.05, 0.1) is 6.04 Å². The summed E-state index contributed by atoms with van der Waals surface area (Å²) in [6, 6.07) is 6.70. The fourth-order valence-corrected chi connectivity index (χ4v) is 4.38. The number of piperidine rings is 2. The molecule has 2 aliphatic heterocycles. The Hall–Kier alpha value is -2.21. The lowest BCUT2D eigenvalue weighted by Gasteiger charge is -2.38. The standard InChI is InChI=1S/C23H33N3O3/c1-16-5-4-12-26(15-16)23(29)20-10-13-25(14-11-20)17(2)22(28)24-21-8-6-19(7-9-21)18(3)27/h6-9,16-17,20H,4-5,10-15H2,1-3H3,(H,24,28)/t16-,17-/m1/s1. The molecule has 0 spiro atoms. The predicted octanol–water partition coefficient (Wildman–Crippen LogP) is 3.19. The average Bonchev–Trinajstić information content (AvgIpc) is 2.73. The Morgan fingerprint density at radius 1 is 1.03 bits per heavy atom. The van der Waals surface area contributed by atoms with Crippen molar-refractivity contribution >= 4 is 23.3 Å². The number of benzene rings is 1. The number of anilines is 1. The zero-order valence-electron chi connectivity index (χ0n) is 17.8. The largest absolute Gasteiger partial charge is 0.342 e. The van der Waals surface area contributed by atoms with Crippen molar-refractivity contribution in [2.45, 2.75) is 52.5 Å². The highest BCUT2D eigenvalue weighted by molar-refractivity contribution is 5.97. The van der Waals surface area contributed by atoms with Crippen molar-refractivity contribution in [3.8, 4) is 0 Å². The van der Waals surface area contributed by atoms with Crippen LogP contribution in [0.25, 0.3) is 0 Å². The summed E-state index contributed by atoms with van der Waals surface area (Å²) in [7, 11) is 0. The van der Waals surface area contributed by atoms with E-state index in [1.165, 1.54) is 13.3 Å². The lowest BCUT2D eigenvalue weighted by atomic mass is 9.92. The van der Waals surface area contributed by atoms with E-state index in [-0.39, 0.29) is 23.7 Å². The Labute approximate surface area is 173 Å². The smallest absolute Gasteiger partial charge is 0.241 e. The van der Waals surface area contributed by atoms with Gasteiger partial charge in [0.2, 0.25) is 11.8 Å². The normalized spacial score (nSPS) is 22.2. The maximum Gasteiger partial charge on any atom is 0.241 e. The van der Waals surface area contributed by atoms with E-state index in [0.29, 0.717) is 23.1 Å². The monoisotopic (exact) mass is 399 g/mol. The highest BCUT2D eigenvalue weighted by atomic mass is 16.2. The van der Waals surface area contributed by atoms with Crippen molar-refractivity contribution < 1.29 is 14.4 Å². The van der Waals surface area contributed by atoms with Crippen LogP contribution in [-0.2, 0) is 9.59 Å². The highest BCUT2D eigenvalue weighted by Crippen LogP contribution is 2.24. The van der Waals surface area contributed by atoms with Gasteiger partial charge in [0, 0.05) is 30.3 Å². The van der Waals surface area contributed by atoms with Crippen molar-refractivity contribution in [3.63, 3.8) is 0 Å². The highest BCUT2D eigenvalue weighted by Gasteiger charge is 2.33. The maximum absolute atomic E-state index is 12.8. The lowest BCUT2D eigenvalue weighted by Crippen LogP contribution is -2.49. The van der Waals surface area contributed by atoms with Crippen molar-refractivity contribution in [2.75, 3.05) is 31.5 Å². The predicted molar refractivity (Wildman–Crippen MR) is 114 cm³/mol. The maximum atomic E-state index is 12.8. The SMILES string of the molecule is CC(=O)c1ccc(NC(=O)[C@@H](C)N2CCC(C(=O)N3CCC[C@@H](C)C3)CC2)cc1. The first-order chi connectivity index (χ1) is 13.8. The van der Waals surface area contributed by atoms with Gasteiger partial charge in [0.25, 0.3) is 0 Å². The summed E-state index contributed by atoms with van der Waals surface area (Å²) in [6.45, 7) is 8.96. The van der Waals surface area contributed by atoms with Gasteiger partial charge in [-0.3, -0.25) is 19.3 Å². The Kier molecular flexibility index (Phi) is 7.06. The van der Waals surface area contributed by atoms with Crippen molar-refractivity contribution in [1.82, 2.24) is 9.80 Å².